The first-order valence-corrected chi connectivity index (χ1v) is 6.90. The van der Waals surface area contributed by atoms with Crippen molar-refractivity contribution in [2.45, 2.75) is 13.3 Å². The maximum absolute atomic E-state index is 5.92. The summed E-state index contributed by atoms with van der Waals surface area (Å²) >= 11 is 1.62. The van der Waals surface area contributed by atoms with Gasteiger partial charge in [0.25, 0.3) is 0 Å². The summed E-state index contributed by atoms with van der Waals surface area (Å²) in [7, 11) is 1.90. The number of anilines is 1. The fourth-order valence-corrected chi connectivity index (χ4v) is 2.92. The van der Waals surface area contributed by atoms with Crippen LogP contribution in [0.4, 0.5) is 5.88 Å². The molecular weight excluding hydrogens is 260 g/mol. The van der Waals surface area contributed by atoms with Crippen molar-refractivity contribution in [3.8, 4) is 21.7 Å². The summed E-state index contributed by atoms with van der Waals surface area (Å²) in [6.07, 6.45) is 2.79. The van der Waals surface area contributed by atoms with Crippen molar-refractivity contribution in [2.75, 3.05) is 5.73 Å². The number of thiophene rings is 1. The van der Waals surface area contributed by atoms with E-state index in [4.69, 9.17) is 10.3 Å². The molecule has 3 heterocycles. The molecule has 3 aromatic rings. The maximum atomic E-state index is 5.92. The fourth-order valence-electron chi connectivity index (χ4n) is 2.14. The molecule has 0 saturated heterocycles. The Kier molecular flexibility index (Phi) is 2.87. The van der Waals surface area contributed by atoms with Crippen molar-refractivity contribution in [3.05, 3.63) is 29.4 Å². The van der Waals surface area contributed by atoms with Crippen molar-refractivity contribution in [2.24, 2.45) is 7.05 Å². The third-order valence-corrected chi connectivity index (χ3v) is 3.87. The number of nitrogen functional groups attached to an aromatic ring is 1. The molecule has 0 radical (unpaired) electrons. The lowest BCUT2D eigenvalue weighted by Crippen LogP contribution is -1.90. The average molecular weight is 274 g/mol. The second-order valence-electron chi connectivity index (χ2n) is 4.26. The Hall–Kier alpha value is -2.08. The number of hydrogen-bond acceptors (Lipinski definition) is 5. The zero-order valence-electron chi connectivity index (χ0n) is 10.8. The molecule has 3 rings (SSSR count). The van der Waals surface area contributed by atoms with Gasteiger partial charge in [-0.25, -0.2) is 0 Å². The first kappa shape index (κ1) is 12.0. The summed E-state index contributed by atoms with van der Waals surface area (Å²) < 4.78 is 6.97. The van der Waals surface area contributed by atoms with Gasteiger partial charge in [-0.15, -0.1) is 11.3 Å². The normalized spacial score (nSPS) is 11.1. The number of hydrogen-bond donors (Lipinski definition) is 1. The molecular formula is C13H14N4OS. The topological polar surface area (TPSA) is 69.9 Å². The van der Waals surface area contributed by atoms with Crippen LogP contribution in [0.1, 0.15) is 12.6 Å². The predicted molar refractivity (Wildman–Crippen MR) is 75.8 cm³/mol. The van der Waals surface area contributed by atoms with E-state index in [1.165, 1.54) is 0 Å². The van der Waals surface area contributed by atoms with Gasteiger partial charge in [-0.1, -0.05) is 18.1 Å². The molecule has 0 atom stereocenters. The number of aryl methyl sites for hydroxylation is 2. The summed E-state index contributed by atoms with van der Waals surface area (Å²) in [5.41, 5.74) is 9.52. The monoisotopic (exact) mass is 274 g/mol. The highest BCUT2D eigenvalue weighted by atomic mass is 32.1. The highest BCUT2D eigenvalue weighted by Crippen LogP contribution is 2.39. The summed E-state index contributed by atoms with van der Waals surface area (Å²) in [4.78, 5) is 1.06. The van der Waals surface area contributed by atoms with Crippen LogP contribution in [0, 0.1) is 0 Å². The standard InChI is InChI=1S/C13H14N4OS/c1-3-9-8(7-17(2)15-9)12-11(13(14)18-16-12)10-5-4-6-19-10/h4-7H,3,14H2,1-2H3. The zero-order valence-corrected chi connectivity index (χ0v) is 11.6. The minimum atomic E-state index is 0.350. The Morgan fingerprint density at radius 3 is 3.00 bits per heavy atom. The van der Waals surface area contributed by atoms with Gasteiger partial charge in [0.15, 0.2) is 0 Å². The van der Waals surface area contributed by atoms with Gasteiger partial charge in [0.1, 0.15) is 5.69 Å². The lowest BCUT2D eigenvalue weighted by atomic mass is 10.1. The van der Waals surface area contributed by atoms with Crippen molar-refractivity contribution in [1.29, 1.82) is 0 Å². The number of nitrogens with two attached hydrogens (primary N) is 1. The molecule has 98 valence electrons. The lowest BCUT2D eigenvalue weighted by Gasteiger charge is -1.99. The Morgan fingerprint density at radius 2 is 2.32 bits per heavy atom. The summed E-state index contributed by atoms with van der Waals surface area (Å²) in [6, 6.07) is 4.00. The minimum Gasteiger partial charge on any atom is -0.367 e. The first-order valence-electron chi connectivity index (χ1n) is 6.02. The van der Waals surface area contributed by atoms with E-state index in [9.17, 15) is 0 Å². The van der Waals surface area contributed by atoms with Crippen LogP contribution in [0.3, 0.4) is 0 Å². The third-order valence-electron chi connectivity index (χ3n) is 2.98. The van der Waals surface area contributed by atoms with E-state index in [2.05, 4.69) is 17.2 Å². The van der Waals surface area contributed by atoms with Crippen molar-refractivity contribution in [1.82, 2.24) is 14.9 Å². The van der Waals surface area contributed by atoms with Crippen LogP contribution in [-0.4, -0.2) is 14.9 Å². The molecule has 19 heavy (non-hydrogen) atoms. The van der Waals surface area contributed by atoms with Crippen LogP contribution >= 0.6 is 11.3 Å². The largest absolute Gasteiger partial charge is 0.367 e. The van der Waals surface area contributed by atoms with E-state index < -0.39 is 0 Å². The van der Waals surface area contributed by atoms with Crippen LogP contribution in [0.25, 0.3) is 21.7 Å². The third kappa shape index (κ3) is 1.94. The van der Waals surface area contributed by atoms with Gasteiger partial charge in [0.2, 0.25) is 5.88 Å². The van der Waals surface area contributed by atoms with Gasteiger partial charge in [-0.2, -0.15) is 5.10 Å². The predicted octanol–water partition coefficient (Wildman–Crippen LogP) is 2.95. The molecule has 0 bridgehead atoms. The minimum absolute atomic E-state index is 0.350. The molecule has 0 unspecified atom stereocenters. The zero-order chi connectivity index (χ0) is 13.4. The summed E-state index contributed by atoms with van der Waals surface area (Å²) in [6.45, 7) is 2.07. The fraction of sp³-hybridized carbons (Fsp3) is 0.231. The molecule has 0 spiro atoms. The molecule has 0 aliphatic carbocycles. The van der Waals surface area contributed by atoms with Gasteiger partial charge >= 0.3 is 0 Å². The van der Waals surface area contributed by atoms with E-state index in [-0.39, 0.29) is 0 Å². The van der Waals surface area contributed by atoms with Crippen LogP contribution in [0.2, 0.25) is 0 Å². The Bertz CT molecular complexity index is 696. The van der Waals surface area contributed by atoms with Gasteiger partial charge in [0.05, 0.1) is 11.3 Å². The van der Waals surface area contributed by atoms with Crippen molar-refractivity contribution < 1.29 is 4.52 Å². The quantitative estimate of drug-likeness (QED) is 0.797. The van der Waals surface area contributed by atoms with E-state index in [1.54, 1.807) is 16.0 Å². The number of rotatable bonds is 3. The van der Waals surface area contributed by atoms with Crippen LogP contribution in [-0.2, 0) is 13.5 Å². The highest BCUT2D eigenvalue weighted by molar-refractivity contribution is 7.13. The van der Waals surface area contributed by atoms with Gasteiger partial charge in [-0.05, 0) is 17.9 Å². The number of aromatic nitrogens is 3. The molecule has 0 fully saturated rings. The van der Waals surface area contributed by atoms with Crippen LogP contribution < -0.4 is 5.73 Å². The molecule has 0 aromatic carbocycles. The van der Waals surface area contributed by atoms with Crippen LogP contribution in [0.5, 0.6) is 0 Å². The molecule has 0 aliphatic heterocycles. The smallest absolute Gasteiger partial charge is 0.231 e. The Balaban J connectivity index is 2.21. The Labute approximate surface area is 114 Å². The molecule has 0 saturated carbocycles. The lowest BCUT2D eigenvalue weighted by molar-refractivity contribution is 0.439. The van der Waals surface area contributed by atoms with Crippen LogP contribution in [0.15, 0.2) is 28.2 Å². The van der Waals surface area contributed by atoms with E-state index in [0.717, 1.165) is 33.8 Å². The Morgan fingerprint density at radius 1 is 1.47 bits per heavy atom. The first-order chi connectivity index (χ1) is 9.20. The van der Waals surface area contributed by atoms with Gasteiger partial charge in [-0.3, -0.25) is 4.68 Å². The molecule has 0 amide bonds. The summed E-state index contributed by atoms with van der Waals surface area (Å²) in [5, 5.41) is 10.6. The van der Waals surface area contributed by atoms with Gasteiger partial charge in [0, 0.05) is 23.7 Å². The summed E-state index contributed by atoms with van der Waals surface area (Å²) in [5.74, 6) is 0.350. The second-order valence-corrected chi connectivity index (χ2v) is 5.21. The second kappa shape index (κ2) is 4.55. The van der Waals surface area contributed by atoms with E-state index in [1.807, 2.05) is 30.8 Å². The molecule has 0 aliphatic rings. The maximum Gasteiger partial charge on any atom is 0.231 e. The molecule has 3 aromatic heterocycles. The number of nitrogens with zero attached hydrogens (tertiary/aromatic N) is 3. The molecule has 6 heteroatoms. The van der Waals surface area contributed by atoms with Gasteiger partial charge < -0.3 is 10.3 Å². The molecule has 2 N–H and O–H groups in total. The highest BCUT2D eigenvalue weighted by Gasteiger charge is 2.21. The SMILES string of the molecule is CCc1nn(C)cc1-c1noc(N)c1-c1cccs1. The van der Waals surface area contributed by atoms with E-state index >= 15 is 0 Å². The molecule has 5 nitrogen and oxygen atoms in total. The van der Waals surface area contributed by atoms with Crippen molar-refractivity contribution >= 4 is 17.2 Å². The van der Waals surface area contributed by atoms with Crippen molar-refractivity contribution in [3.63, 3.8) is 0 Å². The average Bonchev–Trinajstić information content (AvgIpc) is 3.07. The van der Waals surface area contributed by atoms with E-state index in [0.29, 0.717) is 5.88 Å².